The van der Waals surface area contributed by atoms with Crippen LogP contribution in [0.2, 0.25) is 0 Å². The Labute approximate surface area is 120 Å². The van der Waals surface area contributed by atoms with E-state index in [1.807, 2.05) is 0 Å². The lowest BCUT2D eigenvalue weighted by atomic mass is 10.2. The summed E-state index contributed by atoms with van der Waals surface area (Å²) in [5.74, 6) is -0.726. The Morgan fingerprint density at radius 3 is 2.79 bits per heavy atom. The second kappa shape index (κ2) is 7.68. The normalized spacial score (nSPS) is 9.79. The first-order valence-corrected chi connectivity index (χ1v) is 6.55. The standard InChI is InChI=1S/C13H15BrN2O3/c1-3-7-16(9-12(17)19-4-2)13(18)10-5-6-11(14)15-8-10/h3,5-6,8H,1,4,7,9H2,2H3. The number of rotatable bonds is 6. The van der Waals surface area contributed by atoms with E-state index >= 15 is 0 Å². The van der Waals surface area contributed by atoms with Gasteiger partial charge < -0.3 is 9.64 Å². The van der Waals surface area contributed by atoms with Crippen LogP contribution < -0.4 is 0 Å². The number of pyridine rings is 1. The molecule has 0 aliphatic heterocycles. The predicted molar refractivity (Wildman–Crippen MR) is 74.7 cm³/mol. The number of esters is 1. The summed E-state index contributed by atoms with van der Waals surface area (Å²) < 4.78 is 5.48. The molecule has 1 rings (SSSR count). The molecular weight excluding hydrogens is 312 g/mol. The highest BCUT2D eigenvalue weighted by Crippen LogP contribution is 2.09. The van der Waals surface area contributed by atoms with Gasteiger partial charge in [0.1, 0.15) is 11.1 Å². The molecule has 0 spiro atoms. The van der Waals surface area contributed by atoms with Crippen molar-refractivity contribution < 1.29 is 14.3 Å². The summed E-state index contributed by atoms with van der Waals surface area (Å²) in [4.78, 5) is 29.0. The van der Waals surface area contributed by atoms with Gasteiger partial charge in [0.05, 0.1) is 12.2 Å². The van der Waals surface area contributed by atoms with E-state index in [9.17, 15) is 9.59 Å². The average molecular weight is 327 g/mol. The number of ether oxygens (including phenoxy) is 1. The number of hydrogen-bond acceptors (Lipinski definition) is 4. The number of halogens is 1. The van der Waals surface area contributed by atoms with Gasteiger partial charge in [-0.15, -0.1) is 6.58 Å². The highest BCUT2D eigenvalue weighted by Gasteiger charge is 2.18. The Balaban J connectivity index is 2.80. The molecule has 1 aromatic heterocycles. The van der Waals surface area contributed by atoms with Gasteiger partial charge >= 0.3 is 5.97 Å². The fourth-order valence-corrected chi connectivity index (χ4v) is 1.66. The molecule has 0 atom stereocenters. The molecule has 0 N–H and O–H groups in total. The molecule has 0 fully saturated rings. The fraction of sp³-hybridized carbons (Fsp3) is 0.308. The molecule has 19 heavy (non-hydrogen) atoms. The van der Waals surface area contributed by atoms with Crippen molar-refractivity contribution in [2.24, 2.45) is 0 Å². The monoisotopic (exact) mass is 326 g/mol. The molecule has 0 bridgehead atoms. The maximum absolute atomic E-state index is 12.2. The Morgan fingerprint density at radius 1 is 1.53 bits per heavy atom. The minimum Gasteiger partial charge on any atom is -0.465 e. The first-order valence-electron chi connectivity index (χ1n) is 5.75. The highest BCUT2D eigenvalue weighted by atomic mass is 79.9. The van der Waals surface area contributed by atoms with Gasteiger partial charge in [-0.2, -0.15) is 0 Å². The van der Waals surface area contributed by atoms with Crippen LogP contribution in [0, 0.1) is 0 Å². The van der Waals surface area contributed by atoms with Crippen molar-refractivity contribution in [3.05, 3.63) is 41.2 Å². The molecule has 1 amide bonds. The number of aromatic nitrogens is 1. The topological polar surface area (TPSA) is 59.5 Å². The molecule has 0 aliphatic rings. The van der Waals surface area contributed by atoms with E-state index < -0.39 is 5.97 Å². The molecule has 1 heterocycles. The van der Waals surface area contributed by atoms with Gasteiger partial charge in [-0.05, 0) is 35.0 Å². The van der Waals surface area contributed by atoms with Gasteiger partial charge in [0, 0.05) is 12.7 Å². The van der Waals surface area contributed by atoms with Crippen molar-refractivity contribution in [2.45, 2.75) is 6.92 Å². The summed E-state index contributed by atoms with van der Waals surface area (Å²) in [5, 5.41) is 0. The second-order valence-corrected chi connectivity index (χ2v) is 4.46. The van der Waals surface area contributed by atoms with Crippen LogP contribution in [0.15, 0.2) is 35.6 Å². The number of nitrogens with zero attached hydrogens (tertiary/aromatic N) is 2. The lowest BCUT2D eigenvalue weighted by Gasteiger charge is -2.19. The van der Waals surface area contributed by atoms with Crippen molar-refractivity contribution in [3.8, 4) is 0 Å². The SMILES string of the molecule is C=CCN(CC(=O)OCC)C(=O)c1ccc(Br)nc1. The van der Waals surface area contributed by atoms with Gasteiger partial charge in [-0.1, -0.05) is 6.08 Å². The maximum atomic E-state index is 12.2. The third-order valence-electron chi connectivity index (χ3n) is 2.24. The lowest BCUT2D eigenvalue weighted by molar-refractivity contribution is -0.143. The first-order chi connectivity index (χ1) is 9.08. The Kier molecular flexibility index (Phi) is 6.21. The van der Waals surface area contributed by atoms with Crippen molar-refractivity contribution in [1.82, 2.24) is 9.88 Å². The van der Waals surface area contributed by atoms with E-state index in [0.29, 0.717) is 10.2 Å². The molecular formula is C13H15BrN2O3. The van der Waals surface area contributed by atoms with Crippen LogP contribution in [-0.2, 0) is 9.53 Å². The van der Waals surface area contributed by atoms with Gasteiger partial charge in [0.25, 0.3) is 5.91 Å². The highest BCUT2D eigenvalue weighted by molar-refractivity contribution is 9.10. The molecule has 0 radical (unpaired) electrons. The minimum absolute atomic E-state index is 0.102. The third kappa shape index (κ3) is 4.82. The number of amides is 1. The molecule has 6 heteroatoms. The Hall–Kier alpha value is -1.69. The first kappa shape index (κ1) is 15.4. The van der Waals surface area contributed by atoms with Crippen LogP contribution in [0.5, 0.6) is 0 Å². The van der Waals surface area contributed by atoms with Crippen molar-refractivity contribution in [3.63, 3.8) is 0 Å². The third-order valence-corrected chi connectivity index (χ3v) is 2.71. The Bertz CT molecular complexity index is 459. The maximum Gasteiger partial charge on any atom is 0.325 e. The van der Waals surface area contributed by atoms with E-state index in [2.05, 4.69) is 27.5 Å². The van der Waals surface area contributed by atoms with Crippen LogP contribution in [0.25, 0.3) is 0 Å². The number of carbonyl (C=O) groups is 2. The summed E-state index contributed by atoms with van der Waals surface area (Å²) in [6.45, 7) is 5.75. The zero-order valence-electron chi connectivity index (χ0n) is 10.6. The summed E-state index contributed by atoms with van der Waals surface area (Å²) in [6.07, 6.45) is 3.01. The van der Waals surface area contributed by atoms with E-state index in [0.717, 1.165) is 0 Å². The number of carbonyl (C=O) groups excluding carboxylic acids is 2. The largest absolute Gasteiger partial charge is 0.465 e. The molecule has 0 saturated heterocycles. The molecule has 0 aromatic carbocycles. The summed E-state index contributed by atoms with van der Waals surface area (Å²) in [7, 11) is 0. The van der Waals surface area contributed by atoms with Crippen molar-refractivity contribution in [2.75, 3.05) is 19.7 Å². The van der Waals surface area contributed by atoms with Gasteiger partial charge in [0.2, 0.25) is 0 Å². The van der Waals surface area contributed by atoms with Gasteiger partial charge in [0.15, 0.2) is 0 Å². The van der Waals surface area contributed by atoms with Crippen molar-refractivity contribution in [1.29, 1.82) is 0 Å². The summed E-state index contributed by atoms with van der Waals surface area (Å²) >= 11 is 3.20. The van der Waals surface area contributed by atoms with E-state index in [1.165, 1.54) is 11.1 Å². The molecule has 0 aliphatic carbocycles. The smallest absolute Gasteiger partial charge is 0.325 e. The van der Waals surface area contributed by atoms with Crippen LogP contribution in [0.4, 0.5) is 0 Å². The predicted octanol–water partition coefficient (Wildman–Crippen LogP) is 2.04. The van der Waals surface area contributed by atoms with E-state index in [1.54, 1.807) is 25.1 Å². The molecule has 102 valence electrons. The van der Waals surface area contributed by atoms with Gasteiger partial charge in [-0.3, -0.25) is 9.59 Å². The molecule has 5 nitrogen and oxygen atoms in total. The average Bonchev–Trinajstić information content (AvgIpc) is 2.38. The van der Waals surface area contributed by atoms with Crippen LogP contribution in [0.3, 0.4) is 0 Å². The zero-order chi connectivity index (χ0) is 14.3. The molecule has 0 unspecified atom stereocenters. The van der Waals surface area contributed by atoms with Crippen LogP contribution in [0.1, 0.15) is 17.3 Å². The van der Waals surface area contributed by atoms with Crippen LogP contribution >= 0.6 is 15.9 Å². The van der Waals surface area contributed by atoms with Crippen LogP contribution in [-0.4, -0.2) is 41.5 Å². The summed E-state index contributed by atoms with van der Waals surface area (Å²) in [5.41, 5.74) is 0.411. The van der Waals surface area contributed by atoms with E-state index in [4.69, 9.17) is 4.74 Å². The van der Waals surface area contributed by atoms with Crippen molar-refractivity contribution >= 4 is 27.8 Å². The lowest BCUT2D eigenvalue weighted by Crippen LogP contribution is -2.36. The second-order valence-electron chi connectivity index (χ2n) is 3.65. The number of hydrogen-bond donors (Lipinski definition) is 0. The van der Waals surface area contributed by atoms with Gasteiger partial charge in [-0.25, -0.2) is 4.98 Å². The Morgan fingerprint density at radius 2 is 2.26 bits per heavy atom. The summed E-state index contributed by atoms with van der Waals surface area (Å²) in [6, 6.07) is 3.31. The van der Waals surface area contributed by atoms with E-state index in [-0.39, 0.29) is 25.6 Å². The zero-order valence-corrected chi connectivity index (χ0v) is 12.2. The molecule has 0 saturated carbocycles. The molecule has 1 aromatic rings. The fourth-order valence-electron chi connectivity index (χ4n) is 1.42. The quantitative estimate of drug-likeness (QED) is 0.456. The minimum atomic E-state index is -0.442.